The van der Waals surface area contributed by atoms with E-state index in [1.165, 1.54) is 6.92 Å². The zero-order chi connectivity index (χ0) is 20.4. The number of hydrogen-bond acceptors (Lipinski definition) is 4. The Hall–Kier alpha value is -3.85. The lowest BCUT2D eigenvalue weighted by molar-refractivity contribution is -0.146. The molecule has 0 unspecified atom stereocenters. The highest BCUT2D eigenvalue weighted by molar-refractivity contribution is 5.80. The van der Waals surface area contributed by atoms with E-state index in [1.54, 1.807) is 17.3 Å². The number of hydrogen-bond donors (Lipinski definition) is 0. The van der Waals surface area contributed by atoms with Gasteiger partial charge in [0.15, 0.2) is 0 Å². The Balaban J connectivity index is 1.52. The molecule has 0 bridgehead atoms. The molecule has 29 heavy (non-hydrogen) atoms. The number of carbonyl (C=O) groups excluding carboxylic acids is 2. The predicted octanol–water partition coefficient (Wildman–Crippen LogP) is 3.82. The van der Waals surface area contributed by atoms with Crippen LogP contribution in [-0.2, 0) is 20.9 Å². The third kappa shape index (κ3) is 3.50. The first-order valence-electron chi connectivity index (χ1n) is 9.29. The fourth-order valence-electron chi connectivity index (χ4n) is 3.70. The van der Waals surface area contributed by atoms with Crippen molar-refractivity contribution in [3.8, 4) is 6.07 Å². The number of pyridine rings is 1. The maximum atomic E-state index is 12.6. The highest BCUT2D eigenvalue weighted by atomic mass is 16.5. The molecule has 0 saturated carbocycles. The average Bonchev–Trinajstić information content (AvgIpc) is 3.09. The molecule has 3 heterocycles. The zero-order valence-electron chi connectivity index (χ0n) is 15.9. The molecular formula is C23H19N3O3. The summed E-state index contributed by atoms with van der Waals surface area (Å²) in [5.74, 6) is -0.565. The lowest BCUT2D eigenvalue weighted by Gasteiger charge is -2.32. The second-order valence-corrected chi connectivity index (χ2v) is 6.89. The minimum atomic E-state index is -0.425. The SMILES string of the molecule is CC(=O)N1C=Cc2ccccc2[C@H]1CC(=O)OCc1cn2ccccc2c1C#N. The molecule has 6 nitrogen and oxygen atoms in total. The van der Waals surface area contributed by atoms with Gasteiger partial charge in [0.05, 0.1) is 23.5 Å². The van der Waals surface area contributed by atoms with E-state index in [2.05, 4.69) is 6.07 Å². The number of ether oxygens (including phenoxy) is 1. The number of esters is 1. The predicted molar refractivity (Wildman–Crippen MR) is 107 cm³/mol. The highest BCUT2D eigenvalue weighted by Gasteiger charge is 2.28. The summed E-state index contributed by atoms with van der Waals surface area (Å²) in [4.78, 5) is 26.2. The quantitative estimate of drug-likeness (QED) is 0.640. The number of amides is 1. The average molecular weight is 385 g/mol. The third-order valence-electron chi connectivity index (χ3n) is 5.09. The molecule has 144 valence electrons. The van der Waals surface area contributed by atoms with Crippen LogP contribution >= 0.6 is 0 Å². The third-order valence-corrected chi connectivity index (χ3v) is 5.09. The van der Waals surface area contributed by atoms with Crippen LogP contribution in [0.4, 0.5) is 0 Å². The van der Waals surface area contributed by atoms with Crippen LogP contribution in [0.15, 0.2) is 61.1 Å². The normalized spacial score (nSPS) is 15.0. The van der Waals surface area contributed by atoms with Gasteiger partial charge >= 0.3 is 5.97 Å². The molecule has 0 radical (unpaired) electrons. The van der Waals surface area contributed by atoms with Crippen LogP contribution in [0.25, 0.3) is 11.6 Å². The van der Waals surface area contributed by atoms with Crippen molar-refractivity contribution >= 4 is 23.5 Å². The van der Waals surface area contributed by atoms with Crippen molar-refractivity contribution in [1.82, 2.24) is 9.30 Å². The zero-order valence-corrected chi connectivity index (χ0v) is 15.9. The fourth-order valence-corrected chi connectivity index (χ4v) is 3.70. The molecule has 1 aliphatic heterocycles. The standard InChI is InChI=1S/C23H19N3O3/c1-16(27)26-11-9-17-6-2-3-7-19(17)22(26)12-23(28)29-15-18-14-25-10-5-4-8-21(25)20(18)13-24/h2-11,14,22H,12,15H2,1H3/t22-/m1/s1. The number of nitriles is 1. The van der Waals surface area contributed by atoms with Gasteiger partial charge in [0, 0.05) is 31.1 Å². The second-order valence-electron chi connectivity index (χ2n) is 6.89. The summed E-state index contributed by atoms with van der Waals surface area (Å²) < 4.78 is 7.32. The molecule has 0 N–H and O–H groups in total. The van der Waals surface area contributed by atoms with Crippen LogP contribution in [0.2, 0.25) is 0 Å². The highest BCUT2D eigenvalue weighted by Crippen LogP contribution is 2.33. The van der Waals surface area contributed by atoms with Gasteiger partial charge in [-0.3, -0.25) is 9.59 Å². The summed E-state index contributed by atoms with van der Waals surface area (Å²) in [7, 11) is 0. The van der Waals surface area contributed by atoms with Crippen LogP contribution < -0.4 is 0 Å². The molecule has 1 atom stereocenters. The molecule has 1 aliphatic rings. The van der Waals surface area contributed by atoms with Gasteiger partial charge in [0.25, 0.3) is 0 Å². The topological polar surface area (TPSA) is 74.8 Å². The second kappa shape index (κ2) is 7.64. The Bertz CT molecular complexity index is 1170. The van der Waals surface area contributed by atoms with Crippen LogP contribution in [0.3, 0.4) is 0 Å². The number of aromatic nitrogens is 1. The summed E-state index contributed by atoms with van der Waals surface area (Å²) in [5.41, 5.74) is 3.81. The monoisotopic (exact) mass is 385 g/mol. The first kappa shape index (κ1) is 18.5. The number of benzene rings is 1. The van der Waals surface area contributed by atoms with Crippen LogP contribution in [-0.4, -0.2) is 21.2 Å². The van der Waals surface area contributed by atoms with Crippen molar-refractivity contribution in [3.63, 3.8) is 0 Å². The summed E-state index contributed by atoms with van der Waals surface area (Å²) in [6.07, 6.45) is 7.25. The summed E-state index contributed by atoms with van der Waals surface area (Å²) in [6.45, 7) is 1.48. The Labute approximate surface area is 168 Å². The summed E-state index contributed by atoms with van der Waals surface area (Å²) in [5, 5.41) is 9.48. The van der Waals surface area contributed by atoms with Gasteiger partial charge in [-0.25, -0.2) is 0 Å². The Morgan fingerprint density at radius 1 is 1.17 bits per heavy atom. The van der Waals surface area contributed by atoms with Crippen LogP contribution in [0.5, 0.6) is 0 Å². The van der Waals surface area contributed by atoms with Gasteiger partial charge in [-0.05, 0) is 29.3 Å². The molecule has 0 aliphatic carbocycles. The van der Waals surface area contributed by atoms with Crippen molar-refractivity contribution in [2.75, 3.05) is 0 Å². The van der Waals surface area contributed by atoms with Crippen molar-refractivity contribution in [1.29, 1.82) is 5.26 Å². The number of rotatable bonds is 4. The van der Waals surface area contributed by atoms with Gasteiger partial charge < -0.3 is 14.0 Å². The van der Waals surface area contributed by atoms with E-state index in [9.17, 15) is 14.9 Å². The first-order valence-corrected chi connectivity index (χ1v) is 9.29. The lowest BCUT2D eigenvalue weighted by atomic mass is 9.94. The van der Waals surface area contributed by atoms with Crippen molar-refractivity contribution in [2.24, 2.45) is 0 Å². The summed E-state index contributed by atoms with van der Waals surface area (Å²) >= 11 is 0. The molecule has 1 aromatic carbocycles. The minimum Gasteiger partial charge on any atom is -0.461 e. The molecule has 1 amide bonds. The first-order chi connectivity index (χ1) is 14.1. The van der Waals surface area contributed by atoms with Gasteiger partial charge in [0.1, 0.15) is 12.7 Å². The van der Waals surface area contributed by atoms with E-state index in [-0.39, 0.29) is 18.9 Å². The van der Waals surface area contributed by atoms with E-state index in [4.69, 9.17) is 4.74 Å². The molecule has 0 spiro atoms. The maximum absolute atomic E-state index is 12.6. The molecule has 3 aromatic rings. The smallest absolute Gasteiger partial charge is 0.308 e. The molecule has 6 heteroatoms. The number of nitrogens with zero attached hydrogens (tertiary/aromatic N) is 3. The van der Waals surface area contributed by atoms with E-state index >= 15 is 0 Å². The molecule has 0 fully saturated rings. The largest absolute Gasteiger partial charge is 0.461 e. The number of fused-ring (bicyclic) bond motifs is 2. The van der Waals surface area contributed by atoms with Crippen molar-refractivity contribution in [2.45, 2.75) is 26.0 Å². The van der Waals surface area contributed by atoms with Gasteiger partial charge in [-0.2, -0.15) is 5.26 Å². The van der Waals surface area contributed by atoms with Crippen LogP contribution in [0.1, 0.15) is 41.6 Å². The van der Waals surface area contributed by atoms with Gasteiger partial charge in [-0.1, -0.05) is 30.3 Å². The van der Waals surface area contributed by atoms with E-state index in [0.29, 0.717) is 11.1 Å². The van der Waals surface area contributed by atoms with E-state index in [1.807, 2.05) is 59.1 Å². The van der Waals surface area contributed by atoms with Gasteiger partial charge in [0.2, 0.25) is 5.91 Å². The van der Waals surface area contributed by atoms with Crippen molar-refractivity contribution in [3.05, 3.63) is 83.3 Å². The van der Waals surface area contributed by atoms with Gasteiger partial charge in [-0.15, -0.1) is 0 Å². The van der Waals surface area contributed by atoms with Crippen LogP contribution in [0, 0.1) is 11.3 Å². The Morgan fingerprint density at radius 2 is 1.97 bits per heavy atom. The molecular weight excluding hydrogens is 366 g/mol. The minimum absolute atomic E-state index is 0.00762. The van der Waals surface area contributed by atoms with Crippen molar-refractivity contribution < 1.29 is 14.3 Å². The Morgan fingerprint density at radius 3 is 2.76 bits per heavy atom. The van der Waals surface area contributed by atoms with E-state index in [0.717, 1.165) is 16.6 Å². The maximum Gasteiger partial charge on any atom is 0.308 e. The molecule has 2 aromatic heterocycles. The lowest BCUT2D eigenvalue weighted by Crippen LogP contribution is -2.32. The molecule has 4 rings (SSSR count). The summed E-state index contributed by atoms with van der Waals surface area (Å²) in [6, 6.07) is 15.0. The van der Waals surface area contributed by atoms with E-state index < -0.39 is 12.0 Å². The number of carbonyl (C=O) groups is 2. The molecule has 0 saturated heterocycles. The fraction of sp³-hybridized carbons (Fsp3) is 0.174. The Kier molecular flexibility index (Phi) is 4.88.